The van der Waals surface area contributed by atoms with Gasteiger partial charge in [-0.2, -0.15) is 5.10 Å². The zero-order valence-corrected chi connectivity index (χ0v) is 20.4. The largest absolute Gasteiger partial charge is 0.357 e. The molecular formula is C24H29N9O4. The number of carbonyl (C=O) groups excluding carboxylic acids is 2. The zero-order valence-electron chi connectivity index (χ0n) is 20.4. The molecule has 4 heterocycles. The topological polar surface area (TPSA) is 169 Å². The molecule has 0 spiro atoms. The summed E-state index contributed by atoms with van der Waals surface area (Å²) in [7, 11) is 1.55. The van der Waals surface area contributed by atoms with E-state index in [-0.39, 0.29) is 23.8 Å². The molecule has 0 bridgehead atoms. The lowest BCUT2D eigenvalue weighted by Gasteiger charge is -2.27. The first-order valence-electron chi connectivity index (χ1n) is 12.3. The number of aromatic amines is 1. The minimum Gasteiger partial charge on any atom is -0.357 e. The summed E-state index contributed by atoms with van der Waals surface area (Å²) < 4.78 is 11.6. The van der Waals surface area contributed by atoms with Gasteiger partial charge in [0.2, 0.25) is 5.91 Å². The summed E-state index contributed by atoms with van der Waals surface area (Å²) in [5, 5.41) is 15.5. The lowest BCUT2D eigenvalue weighted by atomic mass is 10.1. The molecule has 194 valence electrons. The zero-order chi connectivity index (χ0) is 25.6. The minimum atomic E-state index is -0.822. The molecule has 2 unspecified atom stereocenters. The molecule has 3 aromatic heterocycles. The molecule has 5 rings (SSSR count). The lowest BCUT2D eigenvalue weighted by Crippen LogP contribution is -2.40. The Kier molecular flexibility index (Phi) is 7.61. The number of hydrogen-bond donors (Lipinski definition) is 4. The van der Waals surface area contributed by atoms with Crippen LogP contribution in [-0.4, -0.2) is 68.0 Å². The van der Waals surface area contributed by atoms with Crippen molar-refractivity contribution in [2.45, 2.75) is 56.8 Å². The Morgan fingerprint density at radius 2 is 2.00 bits per heavy atom. The van der Waals surface area contributed by atoms with Crippen molar-refractivity contribution in [1.82, 2.24) is 35.5 Å². The molecule has 0 radical (unpaired) electrons. The van der Waals surface area contributed by atoms with Crippen LogP contribution in [0.1, 0.15) is 59.9 Å². The van der Waals surface area contributed by atoms with Crippen molar-refractivity contribution in [3.05, 3.63) is 48.2 Å². The van der Waals surface area contributed by atoms with Gasteiger partial charge in [-0.25, -0.2) is 19.9 Å². The van der Waals surface area contributed by atoms with Gasteiger partial charge in [0.15, 0.2) is 17.8 Å². The Hall–Kier alpha value is -3.97. The smallest absolute Gasteiger partial charge is 0.278 e. The average Bonchev–Trinajstić information content (AvgIpc) is 3.70. The number of rotatable bonds is 10. The Bertz CT molecular complexity index is 1230. The van der Waals surface area contributed by atoms with E-state index in [1.165, 1.54) is 12.5 Å². The van der Waals surface area contributed by atoms with Crippen molar-refractivity contribution in [2.24, 2.45) is 0 Å². The predicted octanol–water partition coefficient (Wildman–Crippen LogP) is 2.06. The number of ether oxygens (including phenoxy) is 2. The maximum atomic E-state index is 13.4. The minimum absolute atomic E-state index is 0.134. The summed E-state index contributed by atoms with van der Waals surface area (Å²) in [6.07, 6.45) is 11.3. The number of aromatic nitrogens is 6. The highest BCUT2D eigenvalue weighted by molar-refractivity contribution is 6.06. The summed E-state index contributed by atoms with van der Waals surface area (Å²) in [6, 6.07) is 0. The fourth-order valence-corrected chi connectivity index (χ4v) is 4.04. The molecule has 1 saturated carbocycles. The van der Waals surface area contributed by atoms with Crippen molar-refractivity contribution < 1.29 is 19.1 Å². The monoisotopic (exact) mass is 507 g/mol. The third-order valence-corrected chi connectivity index (χ3v) is 6.17. The molecule has 2 atom stereocenters. The number of carbonyl (C=O) groups is 2. The lowest BCUT2D eigenvalue weighted by molar-refractivity contribution is -0.192. The number of likely N-dealkylation sites (N-methyl/N-ethyl adjacent to an activating group) is 1. The Labute approximate surface area is 213 Å². The standard InChI is InChI=1S/C24H29N9O4/c1-25-23(34)19(37-20-4-2-3-7-36-20)8-16-18(12-29-33-16)32-24(35)21-22(30-15-9-26-13-27-10-15)28-11-17(31-21)14-5-6-14/h9-14,19-20H,2-8H2,1H3,(H,25,34)(H,28,30)(H,29,33)(H,32,35). The van der Waals surface area contributed by atoms with E-state index in [0.29, 0.717) is 29.6 Å². The van der Waals surface area contributed by atoms with Crippen molar-refractivity contribution in [1.29, 1.82) is 0 Å². The Balaban J connectivity index is 1.34. The van der Waals surface area contributed by atoms with Crippen LogP contribution in [-0.2, 0) is 20.7 Å². The van der Waals surface area contributed by atoms with Gasteiger partial charge in [-0.05, 0) is 32.1 Å². The van der Waals surface area contributed by atoms with E-state index in [2.05, 4.69) is 46.1 Å². The summed E-state index contributed by atoms with van der Waals surface area (Å²) in [5.41, 5.74) is 2.43. The van der Waals surface area contributed by atoms with Crippen LogP contribution in [0.15, 0.2) is 31.1 Å². The summed E-state index contributed by atoms with van der Waals surface area (Å²) in [6.45, 7) is 0.600. The van der Waals surface area contributed by atoms with Crippen LogP contribution in [0, 0.1) is 0 Å². The molecular weight excluding hydrogens is 478 g/mol. The van der Waals surface area contributed by atoms with Crippen LogP contribution >= 0.6 is 0 Å². The number of H-pyrrole nitrogens is 1. The Morgan fingerprint density at radius 1 is 1.16 bits per heavy atom. The predicted molar refractivity (Wildman–Crippen MR) is 132 cm³/mol. The molecule has 0 aromatic carbocycles. The van der Waals surface area contributed by atoms with Gasteiger partial charge >= 0.3 is 0 Å². The van der Waals surface area contributed by atoms with E-state index >= 15 is 0 Å². The molecule has 13 heteroatoms. The van der Waals surface area contributed by atoms with E-state index in [9.17, 15) is 9.59 Å². The number of amides is 2. The number of nitrogens with zero attached hydrogens (tertiary/aromatic N) is 5. The van der Waals surface area contributed by atoms with Crippen molar-refractivity contribution in [3.63, 3.8) is 0 Å². The molecule has 1 aliphatic carbocycles. The highest BCUT2D eigenvalue weighted by Crippen LogP contribution is 2.39. The second-order valence-electron chi connectivity index (χ2n) is 8.97. The third kappa shape index (κ3) is 6.24. The van der Waals surface area contributed by atoms with Crippen LogP contribution in [0.25, 0.3) is 0 Å². The van der Waals surface area contributed by atoms with Gasteiger partial charge in [0.25, 0.3) is 5.91 Å². The van der Waals surface area contributed by atoms with Crippen LogP contribution < -0.4 is 16.0 Å². The highest BCUT2D eigenvalue weighted by atomic mass is 16.7. The first-order valence-corrected chi connectivity index (χ1v) is 12.3. The fraction of sp³-hybridized carbons (Fsp3) is 0.458. The van der Waals surface area contributed by atoms with Crippen molar-refractivity contribution in [2.75, 3.05) is 24.3 Å². The molecule has 4 N–H and O–H groups in total. The van der Waals surface area contributed by atoms with Gasteiger partial charge in [-0.3, -0.25) is 14.7 Å². The summed E-state index contributed by atoms with van der Waals surface area (Å²) >= 11 is 0. The van der Waals surface area contributed by atoms with Crippen LogP contribution in [0.3, 0.4) is 0 Å². The van der Waals surface area contributed by atoms with E-state index in [1.807, 2.05) is 0 Å². The molecule has 1 aliphatic heterocycles. The maximum absolute atomic E-state index is 13.4. The third-order valence-electron chi connectivity index (χ3n) is 6.17. The molecule has 2 fully saturated rings. The van der Waals surface area contributed by atoms with E-state index in [0.717, 1.165) is 37.8 Å². The summed E-state index contributed by atoms with van der Waals surface area (Å²) in [4.78, 5) is 43.0. The molecule has 3 aromatic rings. The SMILES string of the molecule is CNC(=O)C(Cc1[nH]ncc1NC(=O)c1nc(C2CC2)cnc1Nc1cncnc1)OC1CCCCO1. The van der Waals surface area contributed by atoms with Gasteiger partial charge in [-0.1, -0.05) is 0 Å². The average molecular weight is 508 g/mol. The van der Waals surface area contributed by atoms with Gasteiger partial charge in [0.1, 0.15) is 12.4 Å². The molecule has 2 amide bonds. The molecule has 2 aliphatic rings. The van der Waals surface area contributed by atoms with Gasteiger partial charge in [0, 0.05) is 26.0 Å². The van der Waals surface area contributed by atoms with E-state index < -0.39 is 18.3 Å². The summed E-state index contributed by atoms with van der Waals surface area (Å²) in [5.74, 6) is -0.168. The maximum Gasteiger partial charge on any atom is 0.278 e. The first-order chi connectivity index (χ1) is 18.1. The Morgan fingerprint density at radius 3 is 2.73 bits per heavy atom. The van der Waals surface area contributed by atoms with Crippen LogP contribution in [0.5, 0.6) is 0 Å². The van der Waals surface area contributed by atoms with Gasteiger partial charge < -0.3 is 25.4 Å². The molecule has 37 heavy (non-hydrogen) atoms. The number of anilines is 3. The fourth-order valence-electron chi connectivity index (χ4n) is 4.04. The van der Waals surface area contributed by atoms with E-state index in [1.54, 1.807) is 25.6 Å². The molecule has 13 nitrogen and oxygen atoms in total. The number of hydrogen-bond acceptors (Lipinski definition) is 10. The van der Waals surface area contributed by atoms with Crippen molar-refractivity contribution >= 4 is 29.0 Å². The van der Waals surface area contributed by atoms with Crippen LogP contribution in [0.2, 0.25) is 0 Å². The highest BCUT2D eigenvalue weighted by Gasteiger charge is 2.29. The van der Waals surface area contributed by atoms with Gasteiger partial charge in [-0.15, -0.1) is 0 Å². The number of nitrogens with one attached hydrogen (secondary N) is 4. The van der Waals surface area contributed by atoms with E-state index in [4.69, 9.17) is 9.47 Å². The van der Waals surface area contributed by atoms with Gasteiger partial charge in [0.05, 0.1) is 47.6 Å². The second-order valence-corrected chi connectivity index (χ2v) is 8.97. The second kappa shape index (κ2) is 11.4. The van der Waals surface area contributed by atoms with Crippen LogP contribution in [0.4, 0.5) is 17.2 Å². The molecule has 1 saturated heterocycles. The quantitative estimate of drug-likeness (QED) is 0.319. The van der Waals surface area contributed by atoms with Crippen molar-refractivity contribution in [3.8, 4) is 0 Å². The normalized spacial score (nSPS) is 18.1. The first kappa shape index (κ1) is 24.7.